The topological polar surface area (TPSA) is 63.9 Å². The Morgan fingerprint density at radius 3 is 2.56 bits per heavy atom. The van der Waals surface area contributed by atoms with Crippen molar-refractivity contribution >= 4 is 5.82 Å². The summed E-state index contributed by atoms with van der Waals surface area (Å²) in [7, 11) is 1.27. The lowest BCUT2D eigenvalue weighted by molar-refractivity contribution is 0.383. The van der Waals surface area contributed by atoms with Gasteiger partial charge < -0.3 is 10.5 Å². The summed E-state index contributed by atoms with van der Waals surface area (Å²) in [6.07, 6.45) is 1.33. The third kappa shape index (κ3) is 1.58. The fourth-order valence-electron chi connectivity index (χ4n) is 1.40. The molecule has 0 spiro atoms. The van der Waals surface area contributed by atoms with Gasteiger partial charge in [0.25, 0.3) is 0 Å². The quantitative estimate of drug-likeness (QED) is 0.820. The van der Waals surface area contributed by atoms with Crippen LogP contribution in [0.15, 0.2) is 18.3 Å². The molecular formula is C10H9F2N3O. The van der Waals surface area contributed by atoms with Crippen molar-refractivity contribution in [1.82, 2.24) is 10.2 Å². The second kappa shape index (κ2) is 3.80. The molecule has 2 rings (SSSR count). The van der Waals surface area contributed by atoms with E-state index in [1.807, 2.05) is 0 Å². The predicted molar refractivity (Wildman–Crippen MR) is 54.9 cm³/mol. The van der Waals surface area contributed by atoms with E-state index in [0.717, 1.165) is 12.1 Å². The van der Waals surface area contributed by atoms with Crippen LogP contribution in [0.5, 0.6) is 5.75 Å². The minimum absolute atomic E-state index is 0.0459. The van der Waals surface area contributed by atoms with Gasteiger partial charge >= 0.3 is 0 Å². The summed E-state index contributed by atoms with van der Waals surface area (Å²) in [6.45, 7) is 0. The van der Waals surface area contributed by atoms with Gasteiger partial charge in [0.1, 0.15) is 11.6 Å². The van der Waals surface area contributed by atoms with E-state index in [4.69, 9.17) is 5.73 Å². The van der Waals surface area contributed by atoms with Crippen molar-refractivity contribution in [3.05, 3.63) is 30.0 Å². The lowest BCUT2D eigenvalue weighted by atomic mass is 10.1. The molecule has 0 atom stereocenters. The van der Waals surface area contributed by atoms with Gasteiger partial charge in [-0.2, -0.15) is 5.10 Å². The first-order valence-electron chi connectivity index (χ1n) is 4.45. The Labute approximate surface area is 90.0 Å². The number of aromatic amines is 1. The molecule has 0 radical (unpaired) electrons. The average molecular weight is 225 g/mol. The first-order valence-corrected chi connectivity index (χ1v) is 4.45. The molecule has 0 amide bonds. The average Bonchev–Trinajstić information content (AvgIpc) is 2.67. The SMILES string of the molecule is COc1cc(F)c(-c2cn[nH]c2N)cc1F. The van der Waals surface area contributed by atoms with E-state index in [1.54, 1.807) is 0 Å². The molecule has 1 aromatic carbocycles. The summed E-state index contributed by atoms with van der Waals surface area (Å²) in [5.74, 6) is -1.24. The van der Waals surface area contributed by atoms with Crippen LogP contribution in [0.2, 0.25) is 0 Å². The largest absolute Gasteiger partial charge is 0.494 e. The monoisotopic (exact) mass is 225 g/mol. The number of benzene rings is 1. The Bertz CT molecular complexity index is 525. The summed E-state index contributed by atoms with van der Waals surface area (Å²) >= 11 is 0. The number of ether oxygens (including phenoxy) is 1. The Hall–Kier alpha value is -2.11. The fourth-order valence-corrected chi connectivity index (χ4v) is 1.40. The van der Waals surface area contributed by atoms with Gasteiger partial charge in [-0.3, -0.25) is 5.10 Å². The van der Waals surface area contributed by atoms with Crippen molar-refractivity contribution in [2.45, 2.75) is 0 Å². The van der Waals surface area contributed by atoms with E-state index >= 15 is 0 Å². The van der Waals surface area contributed by atoms with Crippen LogP contribution >= 0.6 is 0 Å². The minimum atomic E-state index is -0.653. The first-order chi connectivity index (χ1) is 7.63. The standard InChI is InChI=1S/C10H9F2N3O/c1-16-9-3-7(11)5(2-8(9)12)6-4-14-15-10(6)13/h2-4H,1H3,(H3,13,14,15). The Morgan fingerprint density at radius 1 is 1.25 bits per heavy atom. The second-order valence-corrected chi connectivity index (χ2v) is 3.16. The molecule has 0 fully saturated rings. The van der Waals surface area contributed by atoms with Crippen LogP contribution in [0.25, 0.3) is 11.1 Å². The van der Waals surface area contributed by atoms with Gasteiger partial charge in [-0.25, -0.2) is 8.78 Å². The number of nitrogen functional groups attached to an aromatic ring is 1. The molecule has 16 heavy (non-hydrogen) atoms. The van der Waals surface area contributed by atoms with Gasteiger partial charge in [0, 0.05) is 17.2 Å². The number of nitrogens with zero attached hydrogens (tertiary/aromatic N) is 1. The molecule has 3 N–H and O–H groups in total. The number of nitrogens with two attached hydrogens (primary N) is 1. The van der Waals surface area contributed by atoms with Gasteiger partial charge in [-0.05, 0) is 6.07 Å². The zero-order valence-corrected chi connectivity index (χ0v) is 8.42. The van der Waals surface area contributed by atoms with E-state index < -0.39 is 11.6 Å². The summed E-state index contributed by atoms with van der Waals surface area (Å²) in [4.78, 5) is 0. The van der Waals surface area contributed by atoms with Crippen molar-refractivity contribution in [2.24, 2.45) is 0 Å². The number of halogens is 2. The third-order valence-electron chi connectivity index (χ3n) is 2.20. The highest BCUT2D eigenvalue weighted by Crippen LogP contribution is 2.30. The molecule has 0 unspecified atom stereocenters. The van der Waals surface area contributed by atoms with Crippen molar-refractivity contribution in [1.29, 1.82) is 0 Å². The van der Waals surface area contributed by atoms with Crippen LogP contribution in [0.1, 0.15) is 0 Å². The third-order valence-corrected chi connectivity index (χ3v) is 2.20. The Morgan fingerprint density at radius 2 is 2.00 bits per heavy atom. The van der Waals surface area contributed by atoms with Crippen molar-refractivity contribution < 1.29 is 13.5 Å². The number of hydrogen-bond donors (Lipinski definition) is 2. The second-order valence-electron chi connectivity index (χ2n) is 3.16. The molecular weight excluding hydrogens is 216 g/mol. The molecule has 1 aromatic heterocycles. The van der Waals surface area contributed by atoms with Gasteiger partial charge in [0.2, 0.25) is 0 Å². The van der Waals surface area contributed by atoms with Gasteiger partial charge in [0.15, 0.2) is 11.6 Å². The maximum atomic E-state index is 13.6. The lowest BCUT2D eigenvalue weighted by Crippen LogP contribution is -1.94. The van der Waals surface area contributed by atoms with Crippen LogP contribution < -0.4 is 10.5 Å². The van der Waals surface area contributed by atoms with E-state index in [-0.39, 0.29) is 17.1 Å². The minimum Gasteiger partial charge on any atom is -0.494 e. The number of H-pyrrole nitrogens is 1. The molecule has 0 bridgehead atoms. The molecule has 0 saturated carbocycles. The van der Waals surface area contributed by atoms with E-state index in [2.05, 4.69) is 14.9 Å². The number of nitrogens with one attached hydrogen (secondary N) is 1. The highest BCUT2D eigenvalue weighted by Gasteiger charge is 2.14. The van der Waals surface area contributed by atoms with Crippen molar-refractivity contribution in [2.75, 3.05) is 12.8 Å². The zero-order chi connectivity index (χ0) is 11.7. The summed E-state index contributed by atoms with van der Waals surface area (Å²) in [5, 5.41) is 6.09. The van der Waals surface area contributed by atoms with E-state index in [9.17, 15) is 8.78 Å². The lowest BCUT2D eigenvalue weighted by Gasteiger charge is -2.06. The molecule has 0 aliphatic heterocycles. The maximum absolute atomic E-state index is 13.6. The van der Waals surface area contributed by atoms with Crippen molar-refractivity contribution in [3.8, 4) is 16.9 Å². The van der Waals surface area contributed by atoms with Gasteiger partial charge in [-0.1, -0.05) is 0 Å². The Kier molecular flexibility index (Phi) is 2.47. The number of aromatic nitrogens is 2. The van der Waals surface area contributed by atoms with Gasteiger partial charge in [0.05, 0.1) is 13.3 Å². The Balaban J connectivity index is 2.59. The molecule has 1 heterocycles. The fraction of sp³-hybridized carbons (Fsp3) is 0.100. The van der Waals surface area contributed by atoms with Crippen LogP contribution in [-0.4, -0.2) is 17.3 Å². The van der Waals surface area contributed by atoms with Crippen LogP contribution in [-0.2, 0) is 0 Å². The summed E-state index contributed by atoms with van der Waals surface area (Å²) in [6, 6.07) is 1.99. The molecule has 6 heteroatoms. The van der Waals surface area contributed by atoms with Crippen molar-refractivity contribution in [3.63, 3.8) is 0 Å². The highest BCUT2D eigenvalue weighted by atomic mass is 19.1. The molecule has 0 aliphatic carbocycles. The van der Waals surface area contributed by atoms with Crippen LogP contribution in [0.3, 0.4) is 0 Å². The molecule has 2 aromatic rings. The highest BCUT2D eigenvalue weighted by molar-refractivity contribution is 5.74. The number of methoxy groups -OCH3 is 1. The summed E-state index contributed by atoms with van der Waals surface area (Å²) in [5.41, 5.74) is 5.89. The summed E-state index contributed by atoms with van der Waals surface area (Å²) < 4.78 is 31.7. The number of anilines is 1. The number of rotatable bonds is 2. The van der Waals surface area contributed by atoms with E-state index in [0.29, 0.717) is 5.56 Å². The normalized spacial score (nSPS) is 10.4. The smallest absolute Gasteiger partial charge is 0.165 e. The molecule has 0 aliphatic rings. The van der Waals surface area contributed by atoms with Gasteiger partial charge in [-0.15, -0.1) is 0 Å². The maximum Gasteiger partial charge on any atom is 0.165 e. The molecule has 4 nitrogen and oxygen atoms in total. The van der Waals surface area contributed by atoms with E-state index in [1.165, 1.54) is 13.3 Å². The first kappa shape index (κ1) is 10.4. The number of hydrogen-bond acceptors (Lipinski definition) is 3. The zero-order valence-electron chi connectivity index (χ0n) is 8.42. The van der Waals surface area contributed by atoms with Crippen LogP contribution in [0.4, 0.5) is 14.6 Å². The molecule has 84 valence electrons. The molecule has 0 saturated heterocycles. The predicted octanol–water partition coefficient (Wildman–Crippen LogP) is 1.95. The van der Waals surface area contributed by atoms with Crippen LogP contribution in [0, 0.1) is 11.6 Å².